The minimum Gasteiger partial charge on any atom is -0.480 e. The number of ether oxygens (including phenoxy) is 2. The third-order valence-corrected chi connectivity index (χ3v) is 3.75. The SMILES string of the molecule is CC(=NC=N)c1ccc(C2O/C(=C/OC(=O)C(C)(C)C)[C@@H](O)[C@H]2O)[nH]1. The zero-order valence-electron chi connectivity index (χ0n) is 14.6. The Morgan fingerprint density at radius 1 is 1.40 bits per heavy atom. The average Bonchev–Trinajstić information content (AvgIpc) is 3.11. The number of carbonyl (C=O) groups is 1. The van der Waals surface area contributed by atoms with Gasteiger partial charge in [-0.25, -0.2) is 4.99 Å². The third-order valence-electron chi connectivity index (χ3n) is 3.75. The van der Waals surface area contributed by atoms with Gasteiger partial charge in [0, 0.05) is 0 Å². The number of nitrogens with one attached hydrogen (secondary N) is 2. The van der Waals surface area contributed by atoms with E-state index in [-0.39, 0.29) is 5.76 Å². The van der Waals surface area contributed by atoms with Gasteiger partial charge in [-0.1, -0.05) is 0 Å². The lowest BCUT2D eigenvalue weighted by Gasteiger charge is -2.14. The van der Waals surface area contributed by atoms with Crippen LogP contribution in [0.1, 0.15) is 45.2 Å². The van der Waals surface area contributed by atoms with Gasteiger partial charge >= 0.3 is 5.97 Å². The van der Waals surface area contributed by atoms with Crippen molar-refractivity contribution in [1.29, 1.82) is 5.41 Å². The minimum absolute atomic E-state index is 0.0175. The lowest BCUT2D eigenvalue weighted by Crippen LogP contribution is -2.25. The maximum atomic E-state index is 11.8. The second kappa shape index (κ2) is 7.20. The molecule has 1 fully saturated rings. The van der Waals surface area contributed by atoms with Gasteiger partial charge in [0.2, 0.25) is 0 Å². The first-order valence-corrected chi connectivity index (χ1v) is 7.81. The van der Waals surface area contributed by atoms with Crippen molar-refractivity contribution in [2.75, 3.05) is 0 Å². The van der Waals surface area contributed by atoms with Crippen molar-refractivity contribution in [1.82, 2.24) is 4.98 Å². The summed E-state index contributed by atoms with van der Waals surface area (Å²) in [5, 5.41) is 27.3. The number of aliphatic hydroxyl groups excluding tert-OH is 2. The smallest absolute Gasteiger partial charge is 0.316 e. The van der Waals surface area contributed by atoms with Crippen molar-refractivity contribution >= 4 is 18.0 Å². The minimum atomic E-state index is -1.30. The summed E-state index contributed by atoms with van der Waals surface area (Å²) in [7, 11) is 0. The second-order valence-electron chi connectivity index (χ2n) is 6.82. The monoisotopic (exact) mass is 349 g/mol. The summed E-state index contributed by atoms with van der Waals surface area (Å²) in [5.74, 6) is -0.495. The molecule has 0 aliphatic carbocycles. The summed E-state index contributed by atoms with van der Waals surface area (Å²) < 4.78 is 10.6. The van der Waals surface area contributed by atoms with E-state index in [4.69, 9.17) is 14.9 Å². The lowest BCUT2D eigenvalue weighted by atomic mass is 9.97. The Hall–Kier alpha value is -2.45. The molecule has 1 aliphatic rings. The fourth-order valence-corrected chi connectivity index (χ4v) is 2.21. The molecule has 1 saturated heterocycles. The molecule has 8 nitrogen and oxygen atoms in total. The van der Waals surface area contributed by atoms with Gasteiger partial charge in [-0.2, -0.15) is 0 Å². The van der Waals surface area contributed by atoms with Crippen molar-refractivity contribution in [2.24, 2.45) is 10.4 Å². The van der Waals surface area contributed by atoms with Crippen LogP contribution in [0.4, 0.5) is 0 Å². The molecule has 0 amide bonds. The maximum absolute atomic E-state index is 11.8. The Morgan fingerprint density at radius 3 is 2.68 bits per heavy atom. The number of aliphatic imine (C=N–C) groups is 1. The highest BCUT2D eigenvalue weighted by atomic mass is 16.6. The van der Waals surface area contributed by atoms with E-state index in [1.165, 1.54) is 0 Å². The van der Waals surface area contributed by atoms with E-state index in [2.05, 4.69) is 9.98 Å². The van der Waals surface area contributed by atoms with Gasteiger partial charge in [-0.3, -0.25) is 10.2 Å². The van der Waals surface area contributed by atoms with Crippen LogP contribution < -0.4 is 0 Å². The van der Waals surface area contributed by atoms with Gasteiger partial charge in [-0.05, 0) is 39.8 Å². The first kappa shape index (κ1) is 18.9. The summed E-state index contributed by atoms with van der Waals surface area (Å²) in [4.78, 5) is 18.7. The molecule has 0 spiro atoms. The molecule has 0 aromatic carbocycles. The van der Waals surface area contributed by atoms with E-state index in [0.717, 1.165) is 12.6 Å². The van der Waals surface area contributed by atoms with Crippen molar-refractivity contribution in [2.45, 2.75) is 46.0 Å². The zero-order valence-corrected chi connectivity index (χ0v) is 14.6. The molecule has 0 radical (unpaired) electrons. The Morgan fingerprint density at radius 2 is 2.08 bits per heavy atom. The summed E-state index contributed by atoms with van der Waals surface area (Å²) in [5.41, 5.74) is 1.11. The van der Waals surface area contributed by atoms with Crippen LogP contribution in [0.5, 0.6) is 0 Å². The van der Waals surface area contributed by atoms with E-state index in [1.807, 2.05) is 0 Å². The Labute approximate surface area is 145 Å². The van der Waals surface area contributed by atoms with Crippen LogP contribution in [-0.4, -0.2) is 45.4 Å². The van der Waals surface area contributed by atoms with Crippen molar-refractivity contribution < 1.29 is 24.5 Å². The standard InChI is InChI=1S/C17H23N3O5/c1-9(19-8-18)10-5-6-11(20-10)15-14(22)13(21)12(25-15)7-24-16(23)17(2,3)4/h5-8,13-15,18,20-22H,1-4H3/b12-7+,18-8?,19-9?/t13-,14-,15?/m1/s1. The van der Waals surface area contributed by atoms with Crippen LogP contribution in [0.15, 0.2) is 29.1 Å². The predicted molar refractivity (Wildman–Crippen MR) is 91.3 cm³/mol. The average molecular weight is 349 g/mol. The molecule has 0 bridgehead atoms. The van der Waals surface area contributed by atoms with E-state index < -0.39 is 29.7 Å². The predicted octanol–water partition coefficient (Wildman–Crippen LogP) is 1.65. The molecule has 1 aromatic rings. The van der Waals surface area contributed by atoms with Crippen LogP contribution in [0.25, 0.3) is 0 Å². The largest absolute Gasteiger partial charge is 0.480 e. The van der Waals surface area contributed by atoms with Crippen LogP contribution >= 0.6 is 0 Å². The third kappa shape index (κ3) is 4.15. The van der Waals surface area contributed by atoms with Crippen LogP contribution in [0.3, 0.4) is 0 Å². The first-order chi connectivity index (χ1) is 11.6. The zero-order chi connectivity index (χ0) is 18.8. The van der Waals surface area contributed by atoms with E-state index in [1.54, 1.807) is 39.8 Å². The highest BCUT2D eigenvalue weighted by Gasteiger charge is 2.42. The Kier molecular flexibility index (Phi) is 5.44. The quantitative estimate of drug-likeness (QED) is 0.284. The highest BCUT2D eigenvalue weighted by molar-refractivity contribution is 6.00. The number of rotatable bonds is 4. The highest BCUT2D eigenvalue weighted by Crippen LogP contribution is 2.35. The molecular weight excluding hydrogens is 326 g/mol. The van der Waals surface area contributed by atoms with Gasteiger partial charge in [0.1, 0.15) is 24.8 Å². The van der Waals surface area contributed by atoms with Gasteiger partial charge in [0.15, 0.2) is 11.9 Å². The van der Waals surface area contributed by atoms with Gasteiger partial charge in [-0.15, -0.1) is 0 Å². The lowest BCUT2D eigenvalue weighted by molar-refractivity contribution is -0.147. The summed E-state index contributed by atoms with van der Waals surface area (Å²) >= 11 is 0. The molecule has 136 valence electrons. The Bertz CT molecular complexity index is 714. The molecule has 4 N–H and O–H groups in total. The molecule has 25 heavy (non-hydrogen) atoms. The number of nitrogens with zero attached hydrogens (tertiary/aromatic N) is 1. The molecule has 3 atom stereocenters. The van der Waals surface area contributed by atoms with Crippen LogP contribution in [0, 0.1) is 10.8 Å². The number of aromatic amines is 1. The van der Waals surface area contributed by atoms with E-state index >= 15 is 0 Å². The number of esters is 1. The van der Waals surface area contributed by atoms with Crippen molar-refractivity contribution in [3.05, 3.63) is 35.5 Å². The van der Waals surface area contributed by atoms with Gasteiger partial charge in [0.05, 0.1) is 22.5 Å². The number of hydrogen-bond acceptors (Lipinski definition) is 6. The molecule has 8 heteroatoms. The van der Waals surface area contributed by atoms with Gasteiger partial charge in [0.25, 0.3) is 0 Å². The molecule has 1 unspecified atom stereocenters. The summed E-state index contributed by atoms with van der Waals surface area (Å²) in [6.07, 6.45) is -1.39. The van der Waals surface area contributed by atoms with Crippen LogP contribution in [0.2, 0.25) is 0 Å². The topological polar surface area (TPSA) is 128 Å². The van der Waals surface area contributed by atoms with E-state index in [9.17, 15) is 15.0 Å². The fourth-order valence-electron chi connectivity index (χ4n) is 2.21. The molecule has 1 aliphatic heterocycles. The number of carbonyl (C=O) groups excluding carboxylic acids is 1. The number of hydrogen-bond donors (Lipinski definition) is 4. The summed E-state index contributed by atoms with van der Waals surface area (Å²) in [6, 6.07) is 3.43. The van der Waals surface area contributed by atoms with E-state index in [0.29, 0.717) is 17.1 Å². The fraction of sp³-hybridized carbons (Fsp3) is 0.471. The molecule has 0 saturated carbocycles. The van der Waals surface area contributed by atoms with Gasteiger partial charge < -0.3 is 24.7 Å². The van der Waals surface area contributed by atoms with Crippen molar-refractivity contribution in [3.63, 3.8) is 0 Å². The summed E-state index contributed by atoms with van der Waals surface area (Å²) in [6.45, 7) is 6.85. The molecule has 2 rings (SSSR count). The number of aromatic nitrogens is 1. The number of aliphatic hydroxyl groups is 2. The molecule has 2 heterocycles. The second-order valence-corrected chi connectivity index (χ2v) is 6.82. The molecular formula is C17H23N3O5. The Balaban J connectivity index is 2.16. The van der Waals surface area contributed by atoms with Crippen molar-refractivity contribution in [3.8, 4) is 0 Å². The maximum Gasteiger partial charge on any atom is 0.316 e. The van der Waals surface area contributed by atoms with Crippen LogP contribution in [-0.2, 0) is 14.3 Å². The number of H-pyrrole nitrogens is 1. The first-order valence-electron chi connectivity index (χ1n) is 7.81. The normalized spacial score (nSPS) is 25.8. The molecule has 1 aromatic heterocycles.